The fraction of sp³-hybridized carbons (Fsp3) is 0.154. The summed E-state index contributed by atoms with van der Waals surface area (Å²) in [5, 5.41) is 7.77. The number of nitrogens with zero attached hydrogens (tertiary/aromatic N) is 3. The SMILES string of the molecule is C=CCn1nnc(C=O)c1-c1ccc(OC)cc1. The monoisotopic (exact) mass is 243 g/mol. The average molecular weight is 243 g/mol. The van der Waals surface area contributed by atoms with Gasteiger partial charge in [0, 0.05) is 5.56 Å². The molecule has 0 unspecified atom stereocenters. The normalized spacial score (nSPS) is 10.1. The van der Waals surface area contributed by atoms with Crippen molar-refractivity contribution >= 4 is 6.29 Å². The molecule has 0 N–H and O–H groups in total. The number of allylic oxidation sites excluding steroid dienone is 1. The topological polar surface area (TPSA) is 57.0 Å². The van der Waals surface area contributed by atoms with Gasteiger partial charge in [0.15, 0.2) is 12.0 Å². The number of hydrogen-bond acceptors (Lipinski definition) is 4. The van der Waals surface area contributed by atoms with Crippen LogP contribution >= 0.6 is 0 Å². The number of carbonyl (C=O) groups is 1. The van der Waals surface area contributed by atoms with Gasteiger partial charge in [-0.15, -0.1) is 11.7 Å². The van der Waals surface area contributed by atoms with Crippen molar-refractivity contribution in [1.29, 1.82) is 0 Å². The minimum atomic E-state index is 0.321. The lowest BCUT2D eigenvalue weighted by molar-refractivity contribution is 0.111. The number of methoxy groups -OCH3 is 1. The first-order valence-electron chi connectivity index (χ1n) is 5.44. The molecule has 2 rings (SSSR count). The van der Waals surface area contributed by atoms with Crippen molar-refractivity contribution < 1.29 is 9.53 Å². The molecule has 0 saturated carbocycles. The van der Waals surface area contributed by atoms with Crippen LogP contribution in [0.25, 0.3) is 11.3 Å². The van der Waals surface area contributed by atoms with Crippen LogP contribution < -0.4 is 4.74 Å². The molecular weight excluding hydrogens is 230 g/mol. The van der Waals surface area contributed by atoms with E-state index in [9.17, 15) is 4.79 Å². The molecule has 2 aromatic rings. The summed E-state index contributed by atoms with van der Waals surface area (Å²) in [7, 11) is 1.61. The zero-order valence-electron chi connectivity index (χ0n) is 10.0. The molecule has 92 valence electrons. The first kappa shape index (κ1) is 12.0. The van der Waals surface area contributed by atoms with Gasteiger partial charge in [0.25, 0.3) is 0 Å². The van der Waals surface area contributed by atoms with Crippen molar-refractivity contribution in [3.05, 3.63) is 42.6 Å². The molecule has 1 aromatic carbocycles. The number of aromatic nitrogens is 3. The maximum atomic E-state index is 11.0. The van der Waals surface area contributed by atoms with E-state index in [-0.39, 0.29) is 0 Å². The molecule has 0 spiro atoms. The van der Waals surface area contributed by atoms with Gasteiger partial charge in [0.1, 0.15) is 5.75 Å². The van der Waals surface area contributed by atoms with Crippen LogP contribution in [0.3, 0.4) is 0 Å². The highest BCUT2D eigenvalue weighted by Crippen LogP contribution is 2.23. The summed E-state index contributed by atoms with van der Waals surface area (Å²) in [4.78, 5) is 11.0. The molecule has 18 heavy (non-hydrogen) atoms. The number of aldehydes is 1. The van der Waals surface area contributed by atoms with E-state index in [1.54, 1.807) is 17.9 Å². The third-order valence-corrected chi connectivity index (χ3v) is 2.54. The van der Waals surface area contributed by atoms with Gasteiger partial charge in [0.05, 0.1) is 19.3 Å². The fourth-order valence-electron chi connectivity index (χ4n) is 1.70. The lowest BCUT2D eigenvalue weighted by atomic mass is 10.1. The Hall–Kier alpha value is -2.43. The molecule has 0 aliphatic carbocycles. The van der Waals surface area contributed by atoms with E-state index in [0.717, 1.165) is 11.3 Å². The van der Waals surface area contributed by atoms with Crippen molar-refractivity contribution in [2.24, 2.45) is 0 Å². The van der Waals surface area contributed by atoms with E-state index < -0.39 is 0 Å². The largest absolute Gasteiger partial charge is 0.497 e. The molecule has 0 radical (unpaired) electrons. The number of hydrogen-bond donors (Lipinski definition) is 0. The Morgan fingerprint density at radius 2 is 2.11 bits per heavy atom. The van der Waals surface area contributed by atoms with E-state index in [1.165, 1.54) is 0 Å². The fourth-order valence-corrected chi connectivity index (χ4v) is 1.70. The Morgan fingerprint density at radius 3 is 2.67 bits per heavy atom. The summed E-state index contributed by atoms with van der Waals surface area (Å²) < 4.78 is 6.73. The molecule has 0 saturated heterocycles. The predicted molar refractivity (Wildman–Crippen MR) is 67.6 cm³/mol. The van der Waals surface area contributed by atoms with Crippen LogP contribution in [0.2, 0.25) is 0 Å². The minimum absolute atomic E-state index is 0.321. The maximum absolute atomic E-state index is 11.0. The summed E-state index contributed by atoms with van der Waals surface area (Å²) in [6, 6.07) is 7.39. The van der Waals surface area contributed by atoms with Crippen LogP contribution in [0.5, 0.6) is 5.75 Å². The van der Waals surface area contributed by atoms with E-state index in [0.29, 0.717) is 24.2 Å². The van der Waals surface area contributed by atoms with E-state index in [1.807, 2.05) is 24.3 Å². The van der Waals surface area contributed by atoms with Crippen molar-refractivity contribution in [3.8, 4) is 17.0 Å². The summed E-state index contributed by atoms with van der Waals surface area (Å²) in [5.41, 5.74) is 1.87. The Bertz CT molecular complexity index is 558. The standard InChI is InChI=1S/C13H13N3O2/c1-3-8-16-13(12(9-17)14-15-16)10-4-6-11(18-2)7-5-10/h3-7,9H,1,8H2,2H3. The molecule has 1 heterocycles. The van der Waals surface area contributed by atoms with Gasteiger partial charge < -0.3 is 4.74 Å². The predicted octanol–water partition coefficient (Wildman–Crippen LogP) is 1.95. The van der Waals surface area contributed by atoms with E-state index in [4.69, 9.17) is 4.74 Å². The van der Waals surface area contributed by atoms with Gasteiger partial charge in [-0.1, -0.05) is 11.3 Å². The summed E-state index contributed by atoms with van der Waals surface area (Å²) in [5.74, 6) is 0.758. The molecule has 0 atom stereocenters. The number of carbonyl (C=O) groups excluding carboxylic acids is 1. The van der Waals surface area contributed by atoms with Crippen LogP contribution in [-0.2, 0) is 6.54 Å². The summed E-state index contributed by atoms with van der Waals surface area (Å²) in [6.07, 6.45) is 2.41. The Morgan fingerprint density at radius 1 is 1.39 bits per heavy atom. The van der Waals surface area contributed by atoms with Gasteiger partial charge in [-0.05, 0) is 24.3 Å². The van der Waals surface area contributed by atoms with Crippen LogP contribution in [0.15, 0.2) is 36.9 Å². The van der Waals surface area contributed by atoms with Gasteiger partial charge in [-0.2, -0.15) is 0 Å². The second-order valence-electron chi connectivity index (χ2n) is 3.64. The second-order valence-corrected chi connectivity index (χ2v) is 3.64. The van der Waals surface area contributed by atoms with Crippen molar-refractivity contribution in [2.75, 3.05) is 7.11 Å². The molecule has 5 nitrogen and oxygen atoms in total. The first-order valence-corrected chi connectivity index (χ1v) is 5.44. The Labute approximate surface area is 105 Å². The summed E-state index contributed by atoms with van der Waals surface area (Å²) in [6.45, 7) is 4.16. The minimum Gasteiger partial charge on any atom is -0.497 e. The lowest BCUT2D eigenvalue weighted by Crippen LogP contribution is -2.01. The molecular formula is C13H13N3O2. The van der Waals surface area contributed by atoms with Crippen LogP contribution in [0.1, 0.15) is 10.5 Å². The number of ether oxygens (including phenoxy) is 1. The molecule has 0 bridgehead atoms. The first-order chi connectivity index (χ1) is 8.80. The summed E-state index contributed by atoms with van der Waals surface area (Å²) >= 11 is 0. The molecule has 0 aliphatic heterocycles. The highest BCUT2D eigenvalue weighted by atomic mass is 16.5. The zero-order chi connectivity index (χ0) is 13.0. The van der Waals surface area contributed by atoms with Crippen molar-refractivity contribution in [2.45, 2.75) is 6.54 Å². The number of rotatable bonds is 5. The molecule has 0 fully saturated rings. The molecule has 0 amide bonds. The van der Waals surface area contributed by atoms with Gasteiger partial charge >= 0.3 is 0 Å². The third-order valence-electron chi connectivity index (χ3n) is 2.54. The van der Waals surface area contributed by atoms with Gasteiger partial charge in [-0.25, -0.2) is 4.68 Å². The highest BCUT2D eigenvalue weighted by molar-refractivity contribution is 5.83. The van der Waals surface area contributed by atoms with E-state index in [2.05, 4.69) is 16.9 Å². The quantitative estimate of drug-likeness (QED) is 0.595. The number of benzene rings is 1. The van der Waals surface area contributed by atoms with Crippen LogP contribution in [-0.4, -0.2) is 28.4 Å². The second kappa shape index (κ2) is 5.27. The lowest BCUT2D eigenvalue weighted by Gasteiger charge is -2.05. The highest BCUT2D eigenvalue weighted by Gasteiger charge is 2.13. The molecule has 5 heteroatoms. The Balaban J connectivity index is 2.49. The third kappa shape index (κ3) is 2.15. The van der Waals surface area contributed by atoms with Gasteiger partial charge in [0.2, 0.25) is 0 Å². The Kier molecular flexibility index (Phi) is 3.52. The van der Waals surface area contributed by atoms with Crippen LogP contribution in [0.4, 0.5) is 0 Å². The van der Waals surface area contributed by atoms with Crippen molar-refractivity contribution in [1.82, 2.24) is 15.0 Å². The van der Waals surface area contributed by atoms with Crippen molar-refractivity contribution in [3.63, 3.8) is 0 Å². The maximum Gasteiger partial charge on any atom is 0.172 e. The smallest absolute Gasteiger partial charge is 0.172 e. The molecule has 0 aliphatic rings. The average Bonchev–Trinajstić information content (AvgIpc) is 2.82. The zero-order valence-corrected chi connectivity index (χ0v) is 10.0. The van der Waals surface area contributed by atoms with Crippen LogP contribution in [0, 0.1) is 0 Å². The molecule has 1 aromatic heterocycles. The van der Waals surface area contributed by atoms with E-state index >= 15 is 0 Å². The van der Waals surface area contributed by atoms with Gasteiger partial charge in [-0.3, -0.25) is 4.79 Å².